The summed E-state index contributed by atoms with van der Waals surface area (Å²) in [7, 11) is 0. The molecule has 2 aliphatic rings. The summed E-state index contributed by atoms with van der Waals surface area (Å²) in [4.78, 5) is 21.4. The van der Waals surface area contributed by atoms with Crippen molar-refractivity contribution in [2.45, 2.75) is 65.1 Å². The molecule has 2 saturated heterocycles. The third-order valence-electron chi connectivity index (χ3n) is 5.98. The quantitative estimate of drug-likeness (QED) is 0.325. The molecule has 0 aliphatic carbocycles. The topological polar surface area (TPSA) is 60.0 Å². The number of carbonyl (C=O) groups excluding carboxylic acids is 1. The molecule has 1 aromatic rings. The fourth-order valence-electron chi connectivity index (χ4n) is 4.13. The molecule has 2 N–H and O–H groups in total. The number of hydrogen-bond acceptors (Lipinski definition) is 3. The van der Waals surface area contributed by atoms with E-state index in [1.54, 1.807) is 0 Å². The number of benzene rings is 1. The average Bonchev–Trinajstić information content (AvgIpc) is 3.28. The first-order chi connectivity index (χ1) is 14.2. The van der Waals surface area contributed by atoms with Gasteiger partial charge in [0.25, 0.3) is 0 Å². The predicted octanol–water partition coefficient (Wildman–Crippen LogP) is 3.36. The highest BCUT2D eigenvalue weighted by Crippen LogP contribution is 2.19. The second-order valence-corrected chi connectivity index (χ2v) is 8.27. The lowest BCUT2D eigenvalue weighted by Crippen LogP contribution is -2.44. The van der Waals surface area contributed by atoms with Gasteiger partial charge in [-0.15, -0.1) is 24.0 Å². The number of likely N-dealkylation sites (tertiary alicyclic amines) is 2. The Hall–Kier alpha value is -1.35. The molecule has 7 heteroatoms. The normalized spacial score (nSPS) is 20.0. The van der Waals surface area contributed by atoms with E-state index in [1.807, 2.05) is 11.8 Å². The fraction of sp³-hybridized carbons (Fsp3) is 0.652. The molecule has 0 bridgehead atoms. The Morgan fingerprint density at radius 1 is 1.03 bits per heavy atom. The highest BCUT2D eigenvalue weighted by molar-refractivity contribution is 14.0. The lowest BCUT2D eigenvalue weighted by Gasteiger charge is -2.33. The molecule has 168 valence electrons. The van der Waals surface area contributed by atoms with Gasteiger partial charge in [-0.1, -0.05) is 30.7 Å². The van der Waals surface area contributed by atoms with Crippen molar-refractivity contribution in [3.63, 3.8) is 0 Å². The Balaban J connectivity index is 0.00000320. The molecule has 2 heterocycles. The zero-order chi connectivity index (χ0) is 20.5. The molecule has 1 amide bonds. The van der Waals surface area contributed by atoms with Gasteiger partial charge in [-0.3, -0.25) is 9.69 Å². The van der Waals surface area contributed by atoms with E-state index in [9.17, 15) is 4.79 Å². The Morgan fingerprint density at radius 3 is 2.37 bits per heavy atom. The van der Waals surface area contributed by atoms with Crippen molar-refractivity contribution in [2.24, 2.45) is 4.99 Å². The van der Waals surface area contributed by atoms with E-state index in [4.69, 9.17) is 0 Å². The van der Waals surface area contributed by atoms with Crippen LogP contribution in [-0.4, -0.2) is 60.4 Å². The van der Waals surface area contributed by atoms with Gasteiger partial charge in [0.1, 0.15) is 0 Å². The zero-order valence-corrected chi connectivity index (χ0v) is 20.9. The molecular formula is C23H38IN5O. The van der Waals surface area contributed by atoms with Gasteiger partial charge >= 0.3 is 0 Å². The lowest BCUT2D eigenvalue weighted by molar-refractivity contribution is -0.128. The number of halogens is 1. The van der Waals surface area contributed by atoms with E-state index in [0.717, 1.165) is 39.0 Å². The van der Waals surface area contributed by atoms with Crippen LogP contribution in [0, 0.1) is 0 Å². The van der Waals surface area contributed by atoms with Crippen molar-refractivity contribution in [1.82, 2.24) is 20.4 Å². The first kappa shape index (κ1) is 24.9. The van der Waals surface area contributed by atoms with Crippen LogP contribution in [0.15, 0.2) is 29.3 Å². The van der Waals surface area contributed by atoms with Crippen LogP contribution in [0.25, 0.3) is 0 Å². The molecule has 1 atom stereocenters. The molecule has 1 aromatic carbocycles. The number of nitrogens with one attached hydrogen (secondary N) is 2. The molecule has 0 saturated carbocycles. The van der Waals surface area contributed by atoms with Gasteiger partial charge in [-0.05, 0) is 57.2 Å². The average molecular weight is 527 g/mol. The molecule has 0 radical (unpaired) electrons. The van der Waals surface area contributed by atoms with Crippen LogP contribution in [0.5, 0.6) is 0 Å². The Kier molecular flexibility index (Phi) is 10.9. The van der Waals surface area contributed by atoms with E-state index in [-0.39, 0.29) is 29.9 Å². The van der Waals surface area contributed by atoms with Gasteiger partial charge in [0.2, 0.25) is 5.91 Å². The number of carbonyl (C=O) groups is 1. The summed E-state index contributed by atoms with van der Waals surface area (Å²) in [5.74, 6) is 0.857. The number of nitrogens with zero attached hydrogens (tertiary/aromatic N) is 3. The van der Waals surface area contributed by atoms with Crippen LogP contribution >= 0.6 is 24.0 Å². The molecule has 3 rings (SSSR count). The van der Waals surface area contributed by atoms with Crippen LogP contribution in [-0.2, 0) is 17.9 Å². The largest absolute Gasteiger partial charge is 0.357 e. The van der Waals surface area contributed by atoms with Crippen LogP contribution in [0.2, 0.25) is 0 Å². The number of amides is 1. The molecule has 0 spiro atoms. The van der Waals surface area contributed by atoms with Crippen molar-refractivity contribution in [3.05, 3.63) is 35.4 Å². The maximum Gasteiger partial charge on any atom is 0.241 e. The first-order valence-electron chi connectivity index (χ1n) is 11.3. The molecule has 0 aromatic heterocycles. The van der Waals surface area contributed by atoms with Crippen LogP contribution in [0.1, 0.15) is 57.1 Å². The highest BCUT2D eigenvalue weighted by Gasteiger charge is 2.18. The summed E-state index contributed by atoms with van der Waals surface area (Å²) in [5.41, 5.74) is 2.55. The second-order valence-electron chi connectivity index (χ2n) is 8.27. The van der Waals surface area contributed by atoms with Crippen molar-refractivity contribution in [3.8, 4) is 0 Å². The summed E-state index contributed by atoms with van der Waals surface area (Å²) in [5, 5.41) is 6.41. The monoisotopic (exact) mass is 527 g/mol. The van der Waals surface area contributed by atoms with Crippen molar-refractivity contribution in [2.75, 3.05) is 32.7 Å². The molecule has 2 fully saturated rings. The number of guanidine groups is 1. The summed E-state index contributed by atoms with van der Waals surface area (Å²) >= 11 is 0. The molecule has 30 heavy (non-hydrogen) atoms. The molecule has 2 aliphatic heterocycles. The SMILES string of the molecule is CCNC(=NCc1ccc(CN2CCCCC2C)cc1)NCC(=O)N1CCCC1.I. The van der Waals surface area contributed by atoms with Gasteiger partial charge < -0.3 is 15.5 Å². The van der Waals surface area contributed by atoms with Gasteiger partial charge in [0, 0.05) is 32.2 Å². The van der Waals surface area contributed by atoms with Crippen LogP contribution < -0.4 is 10.6 Å². The van der Waals surface area contributed by atoms with Crippen LogP contribution in [0.4, 0.5) is 0 Å². The van der Waals surface area contributed by atoms with E-state index in [0.29, 0.717) is 25.1 Å². The molecule has 6 nitrogen and oxygen atoms in total. The maximum atomic E-state index is 12.2. The lowest BCUT2D eigenvalue weighted by atomic mass is 10.0. The third-order valence-corrected chi connectivity index (χ3v) is 5.98. The van der Waals surface area contributed by atoms with Gasteiger partial charge in [-0.25, -0.2) is 4.99 Å². The van der Waals surface area contributed by atoms with E-state index >= 15 is 0 Å². The van der Waals surface area contributed by atoms with Gasteiger partial charge in [0.15, 0.2) is 5.96 Å². The zero-order valence-electron chi connectivity index (χ0n) is 18.5. The minimum absolute atomic E-state index is 0. The summed E-state index contributed by atoms with van der Waals surface area (Å²) in [6.07, 6.45) is 6.23. The summed E-state index contributed by atoms with van der Waals surface area (Å²) in [6.45, 7) is 10.1. The smallest absolute Gasteiger partial charge is 0.241 e. The third kappa shape index (κ3) is 7.72. The van der Waals surface area contributed by atoms with Gasteiger partial charge in [-0.2, -0.15) is 0 Å². The van der Waals surface area contributed by atoms with Crippen LogP contribution in [0.3, 0.4) is 0 Å². The summed E-state index contributed by atoms with van der Waals surface area (Å²) in [6, 6.07) is 9.48. The van der Waals surface area contributed by atoms with E-state index in [1.165, 1.54) is 36.9 Å². The van der Waals surface area contributed by atoms with Gasteiger partial charge in [0.05, 0.1) is 13.1 Å². The van der Waals surface area contributed by atoms with Crippen molar-refractivity contribution < 1.29 is 4.79 Å². The maximum absolute atomic E-state index is 12.2. The Labute approximate surface area is 198 Å². The Morgan fingerprint density at radius 2 is 1.70 bits per heavy atom. The number of rotatable bonds is 7. The molecule has 1 unspecified atom stereocenters. The number of aliphatic imine (C=N–C) groups is 1. The minimum atomic E-state index is 0. The number of hydrogen-bond donors (Lipinski definition) is 2. The first-order valence-corrected chi connectivity index (χ1v) is 11.3. The van der Waals surface area contributed by atoms with Crippen molar-refractivity contribution >= 4 is 35.8 Å². The predicted molar refractivity (Wildman–Crippen MR) is 134 cm³/mol. The molecular weight excluding hydrogens is 489 g/mol. The van der Waals surface area contributed by atoms with Crippen molar-refractivity contribution in [1.29, 1.82) is 0 Å². The Bertz CT molecular complexity index is 673. The van der Waals surface area contributed by atoms with E-state index < -0.39 is 0 Å². The minimum Gasteiger partial charge on any atom is -0.357 e. The van der Waals surface area contributed by atoms with E-state index in [2.05, 4.69) is 51.7 Å². The number of piperidine rings is 1. The highest BCUT2D eigenvalue weighted by atomic mass is 127. The fourth-order valence-corrected chi connectivity index (χ4v) is 4.13. The standard InChI is InChI=1S/C23H37N5O.HI/c1-3-24-23(26-17-22(29)27-13-6-7-14-27)25-16-20-9-11-21(12-10-20)18-28-15-5-4-8-19(28)2;/h9-12,19H,3-8,13-18H2,1-2H3,(H2,24,25,26);1H. The second kappa shape index (κ2) is 13.1. The summed E-state index contributed by atoms with van der Waals surface area (Å²) < 4.78 is 0.